The van der Waals surface area contributed by atoms with E-state index in [2.05, 4.69) is 19.3 Å². The normalized spacial score (nSPS) is 22.8. The number of rotatable bonds is 3. The molecule has 2 rings (SSSR count). The van der Waals surface area contributed by atoms with Crippen molar-refractivity contribution in [2.24, 2.45) is 0 Å². The Morgan fingerprint density at radius 1 is 1.33 bits per heavy atom. The first-order chi connectivity index (χ1) is 9.90. The van der Waals surface area contributed by atoms with Gasteiger partial charge in [0.15, 0.2) is 0 Å². The first kappa shape index (κ1) is 15.4. The standard InChI is InChI=1S/C15H21N3O3/c1-10-7-8-13(9-14(10)18(20)21)15(19)16-17-11(2)5-4-6-12(17)3/h7-9,11-12H,4-6H2,1-3H3,(H,16,19)/t11-,12+. The van der Waals surface area contributed by atoms with Gasteiger partial charge in [-0.05, 0) is 39.7 Å². The lowest BCUT2D eigenvalue weighted by Crippen LogP contribution is -2.54. The maximum absolute atomic E-state index is 12.3. The average Bonchev–Trinajstić information content (AvgIpc) is 2.43. The Morgan fingerprint density at radius 2 is 1.95 bits per heavy atom. The largest absolute Gasteiger partial charge is 0.284 e. The van der Waals surface area contributed by atoms with Crippen LogP contribution < -0.4 is 5.43 Å². The molecule has 1 saturated heterocycles. The first-order valence-corrected chi connectivity index (χ1v) is 7.24. The maximum atomic E-state index is 12.3. The summed E-state index contributed by atoms with van der Waals surface area (Å²) in [5.41, 5.74) is 3.74. The number of nitrogens with zero attached hydrogens (tertiary/aromatic N) is 2. The van der Waals surface area contributed by atoms with E-state index in [-0.39, 0.29) is 23.7 Å². The summed E-state index contributed by atoms with van der Waals surface area (Å²) in [5, 5.41) is 12.9. The average molecular weight is 291 g/mol. The first-order valence-electron chi connectivity index (χ1n) is 7.24. The second-order valence-corrected chi connectivity index (χ2v) is 5.74. The summed E-state index contributed by atoms with van der Waals surface area (Å²) in [7, 11) is 0. The summed E-state index contributed by atoms with van der Waals surface area (Å²) in [5.74, 6) is -0.293. The number of nitro benzene ring substituents is 1. The van der Waals surface area contributed by atoms with Crippen LogP contribution in [-0.2, 0) is 0 Å². The Labute approximate surface area is 124 Å². The number of carbonyl (C=O) groups is 1. The van der Waals surface area contributed by atoms with Crippen molar-refractivity contribution in [3.8, 4) is 0 Å². The van der Waals surface area contributed by atoms with Crippen molar-refractivity contribution in [3.63, 3.8) is 0 Å². The van der Waals surface area contributed by atoms with Gasteiger partial charge < -0.3 is 0 Å². The molecule has 1 amide bonds. The van der Waals surface area contributed by atoms with Crippen LogP contribution in [0.3, 0.4) is 0 Å². The van der Waals surface area contributed by atoms with Crippen LogP contribution in [0.15, 0.2) is 18.2 Å². The number of nitro groups is 1. The van der Waals surface area contributed by atoms with Gasteiger partial charge in [0.05, 0.1) is 4.92 Å². The minimum Gasteiger partial charge on any atom is -0.284 e. The number of carbonyl (C=O) groups excluding carboxylic acids is 1. The lowest BCUT2D eigenvalue weighted by atomic mass is 10.00. The van der Waals surface area contributed by atoms with E-state index in [1.807, 2.05) is 5.01 Å². The third kappa shape index (κ3) is 3.39. The smallest absolute Gasteiger partial charge is 0.273 e. The van der Waals surface area contributed by atoms with E-state index >= 15 is 0 Å². The molecule has 1 aromatic rings. The SMILES string of the molecule is Cc1ccc(C(=O)NN2[C@H](C)CCC[C@@H]2C)cc1[N+](=O)[O-]. The van der Waals surface area contributed by atoms with Crippen molar-refractivity contribution < 1.29 is 9.72 Å². The fraction of sp³-hybridized carbons (Fsp3) is 0.533. The van der Waals surface area contributed by atoms with Crippen molar-refractivity contribution in [1.82, 2.24) is 10.4 Å². The van der Waals surface area contributed by atoms with Gasteiger partial charge in [-0.15, -0.1) is 0 Å². The van der Waals surface area contributed by atoms with Crippen molar-refractivity contribution in [2.75, 3.05) is 0 Å². The maximum Gasteiger partial charge on any atom is 0.273 e. The second kappa shape index (κ2) is 6.22. The molecule has 1 aliphatic heterocycles. The van der Waals surface area contributed by atoms with E-state index in [9.17, 15) is 14.9 Å². The van der Waals surface area contributed by atoms with Crippen molar-refractivity contribution in [1.29, 1.82) is 0 Å². The predicted octanol–water partition coefficient (Wildman–Crippen LogP) is 2.81. The number of benzene rings is 1. The van der Waals surface area contributed by atoms with Crippen LogP contribution in [0, 0.1) is 17.0 Å². The molecule has 1 heterocycles. The number of nitrogens with one attached hydrogen (secondary N) is 1. The van der Waals surface area contributed by atoms with Crippen molar-refractivity contribution in [3.05, 3.63) is 39.4 Å². The summed E-state index contributed by atoms with van der Waals surface area (Å²) in [6.45, 7) is 5.82. The molecule has 1 aliphatic rings. The van der Waals surface area contributed by atoms with Gasteiger partial charge in [0.25, 0.3) is 11.6 Å². The van der Waals surface area contributed by atoms with Crippen LogP contribution >= 0.6 is 0 Å². The Bertz CT molecular complexity index is 549. The Hall–Kier alpha value is -1.95. The van der Waals surface area contributed by atoms with E-state index in [0.717, 1.165) is 19.3 Å². The molecule has 0 radical (unpaired) electrons. The highest BCUT2D eigenvalue weighted by molar-refractivity contribution is 5.94. The lowest BCUT2D eigenvalue weighted by Gasteiger charge is -2.38. The minimum atomic E-state index is -0.460. The molecular formula is C15H21N3O3. The number of hydrogen-bond donors (Lipinski definition) is 1. The third-order valence-corrected chi connectivity index (χ3v) is 4.09. The van der Waals surface area contributed by atoms with E-state index in [1.54, 1.807) is 19.1 Å². The summed E-state index contributed by atoms with van der Waals surface area (Å²) < 4.78 is 0. The van der Waals surface area contributed by atoms with E-state index in [1.165, 1.54) is 6.07 Å². The predicted molar refractivity (Wildman–Crippen MR) is 79.9 cm³/mol. The van der Waals surface area contributed by atoms with Gasteiger partial charge in [0.1, 0.15) is 0 Å². The van der Waals surface area contributed by atoms with Gasteiger partial charge >= 0.3 is 0 Å². The number of hydrazine groups is 1. The van der Waals surface area contributed by atoms with Gasteiger partial charge in [-0.25, -0.2) is 5.01 Å². The molecule has 0 unspecified atom stereocenters. The Morgan fingerprint density at radius 3 is 2.52 bits per heavy atom. The molecule has 1 N–H and O–H groups in total. The van der Waals surface area contributed by atoms with Crippen molar-refractivity contribution >= 4 is 11.6 Å². The highest BCUT2D eigenvalue weighted by Crippen LogP contribution is 2.22. The van der Waals surface area contributed by atoms with E-state index in [0.29, 0.717) is 11.1 Å². The summed E-state index contributed by atoms with van der Waals surface area (Å²) in [4.78, 5) is 22.8. The molecule has 0 aromatic heterocycles. The van der Waals surface area contributed by atoms with Gasteiger partial charge in [-0.2, -0.15) is 0 Å². The molecule has 6 nitrogen and oxygen atoms in total. The number of amides is 1. The zero-order valence-electron chi connectivity index (χ0n) is 12.6. The van der Waals surface area contributed by atoms with Crippen LogP contribution in [-0.4, -0.2) is 27.9 Å². The summed E-state index contributed by atoms with van der Waals surface area (Å²) >= 11 is 0. The second-order valence-electron chi connectivity index (χ2n) is 5.74. The zero-order valence-corrected chi connectivity index (χ0v) is 12.6. The molecule has 114 valence electrons. The topological polar surface area (TPSA) is 75.5 Å². The number of hydrogen-bond acceptors (Lipinski definition) is 4. The Kier molecular flexibility index (Phi) is 4.57. The molecule has 2 atom stereocenters. The lowest BCUT2D eigenvalue weighted by molar-refractivity contribution is -0.385. The van der Waals surface area contributed by atoms with Crippen molar-refractivity contribution in [2.45, 2.75) is 52.1 Å². The van der Waals surface area contributed by atoms with Gasteiger partial charge in [-0.1, -0.05) is 12.5 Å². The zero-order chi connectivity index (χ0) is 15.6. The van der Waals surface area contributed by atoms with Gasteiger partial charge in [0.2, 0.25) is 0 Å². The summed E-state index contributed by atoms with van der Waals surface area (Å²) in [6, 6.07) is 5.12. The Balaban J connectivity index is 2.16. The molecule has 1 aromatic carbocycles. The fourth-order valence-corrected chi connectivity index (χ4v) is 2.77. The molecule has 0 bridgehead atoms. The molecule has 1 fully saturated rings. The van der Waals surface area contributed by atoms with E-state index < -0.39 is 4.92 Å². The van der Waals surface area contributed by atoms with E-state index in [4.69, 9.17) is 0 Å². The highest BCUT2D eigenvalue weighted by Gasteiger charge is 2.26. The third-order valence-electron chi connectivity index (χ3n) is 4.09. The van der Waals surface area contributed by atoms with Gasteiger partial charge in [0, 0.05) is 29.3 Å². The molecular weight excluding hydrogens is 270 g/mol. The monoisotopic (exact) mass is 291 g/mol. The van der Waals surface area contributed by atoms with Crippen LogP contribution in [0.5, 0.6) is 0 Å². The van der Waals surface area contributed by atoms with Crippen LogP contribution in [0.2, 0.25) is 0 Å². The molecule has 0 aliphatic carbocycles. The summed E-state index contributed by atoms with van der Waals surface area (Å²) in [6.07, 6.45) is 3.24. The van der Waals surface area contributed by atoms with Crippen LogP contribution in [0.25, 0.3) is 0 Å². The highest BCUT2D eigenvalue weighted by atomic mass is 16.6. The molecule has 0 spiro atoms. The van der Waals surface area contributed by atoms with Crippen LogP contribution in [0.4, 0.5) is 5.69 Å². The number of piperidine rings is 1. The molecule has 0 saturated carbocycles. The minimum absolute atomic E-state index is 0.0256. The van der Waals surface area contributed by atoms with Crippen LogP contribution in [0.1, 0.15) is 49.0 Å². The molecule has 6 heteroatoms. The quantitative estimate of drug-likeness (QED) is 0.686. The molecule has 21 heavy (non-hydrogen) atoms. The van der Waals surface area contributed by atoms with Gasteiger partial charge in [-0.3, -0.25) is 20.3 Å². The fourth-order valence-electron chi connectivity index (χ4n) is 2.77. The number of aryl methyl sites for hydroxylation is 1.